The number of hydrazine groups is 1. The fourth-order valence-corrected chi connectivity index (χ4v) is 4.56. The zero-order valence-electron chi connectivity index (χ0n) is 17.1. The molecule has 0 spiro atoms. The number of likely N-dealkylation sites (tertiary alicyclic amines) is 1. The SMILES string of the molecule is COc1cccc(CN2CCC(C3CC(c4ccc(C)cc4)NN3)C2)c1OC. The van der Waals surface area contributed by atoms with E-state index in [4.69, 9.17) is 9.47 Å². The van der Waals surface area contributed by atoms with Crippen molar-refractivity contribution in [2.45, 2.75) is 38.4 Å². The van der Waals surface area contributed by atoms with Crippen LogP contribution in [0.5, 0.6) is 11.5 Å². The Hall–Kier alpha value is -2.08. The van der Waals surface area contributed by atoms with E-state index in [-0.39, 0.29) is 0 Å². The van der Waals surface area contributed by atoms with Crippen LogP contribution in [0.1, 0.15) is 35.6 Å². The highest BCUT2D eigenvalue weighted by Crippen LogP contribution is 2.34. The number of nitrogens with one attached hydrogen (secondary N) is 2. The van der Waals surface area contributed by atoms with Crippen LogP contribution in [0.4, 0.5) is 0 Å². The van der Waals surface area contributed by atoms with E-state index in [0.29, 0.717) is 18.0 Å². The third-order valence-electron chi connectivity index (χ3n) is 6.17. The number of hydrogen-bond acceptors (Lipinski definition) is 5. The van der Waals surface area contributed by atoms with Crippen LogP contribution < -0.4 is 20.3 Å². The fourth-order valence-electron chi connectivity index (χ4n) is 4.56. The maximum Gasteiger partial charge on any atom is 0.165 e. The third kappa shape index (κ3) is 4.02. The second kappa shape index (κ2) is 8.52. The molecule has 28 heavy (non-hydrogen) atoms. The van der Waals surface area contributed by atoms with Gasteiger partial charge in [-0.2, -0.15) is 0 Å². The first-order valence-corrected chi connectivity index (χ1v) is 10.2. The minimum Gasteiger partial charge on any atom is -0.493 e. The van der Waals surface area contributed by atoms with Crippen molar-refractivity contribution in [1.82, 2.24) is 15.8 Å². The van der Waals surface area contributed by atoms with Gasteiger partial charge in [-0.25, -0.2) is 0 Å². The van der Waals surface area contributed by atoms with Crippen LogP contribution in [0.15, 0.2) is 42.5 Å². The van der Waals surface area contributed by atoms with Crippen LogP contribution in [0, 0.1) is 12.8 Å². The Morgan fingerprint density at radius 1 is 1.04 bits per heavy atom. The molecule has 150 valence electrons. The molecule has 2 fully saturated rings. The molecule has 5 heteroatoms. The molecule has 2 aromatic rings. The van der Waals surface area contributed by atoms with Gasteiger partial charge in [-0.1, -0.05) is 42.0 Å². The molecule has 5 nitrogen and oxygen atoms in total. The molecule has 2 aliphatic heterocycles. The van der Waals surface area contributed by atoms with Crippen molar-refractivity contribution in [3.8, 4) is 11.5 Å². The standard InChI is InChI=1S/C23H31N3O2/c1-16-7-9-17(10-8-16)20-13-21(25-24-20)18-11-12-26(14-18)15-19-5-4-6-22(27-2)23(19)28-3/h4-10,18,20-21,24-25H,11-15H2,1-3H3. The van der Waals surface area contributed by atoms with Crippen molar-refractivity contribution in [2.75, 3.05) is 27.3 Å². The Labute approximate surface area is 168 Å². The van der Waals surface area contributed by atoms with E-state index in [9.17, 15) is 0 Å². The van der Waals surface area contributed by atoms with Gasteiger partial charge in [0.2, 0.25) is 0 Å². The van der Waals surface area contributed by atoms with Gasteiger partial charge in [-0.05, 0) is 43.9 Å². The van der Waals surface area contributed by atoms with Crippen LogP contribution in [-0.4, -0.2) is 38.3 Å². The molecule has 0 aliphatic carbocycles. The van der Waals surface area contributed by atoms with Gasteiger partial charge in [0.15, 0.2) is 11.5 Å². The van der Waals surface area contributed by atoms with E-state index in [1.165, 1.54) is 23.1 Å². The fraction of sp³-hybridized carbons (Fsp3) is 0.478. The van der Waals surface area contributed by atoms with Gasteiger partial charge in [-0.15, -0.1) is 0 Å². The molecule has 2 aliphatic rings. The lowest BCUT2D eigenvalue weighted by molar-refractivity contribution is 0.288. The summed E-state index contributed by atoms with van der Waals surface area (Å²) in [5, 5.41) is 0. The number of rotatable bonds is 6. The summed E-state index contributed by atoms with van der Waals surface area (Å²) in [6.45, 7) is 5.27. The van der Waals surface area contributed by atoms with Gasteiger partial charge in [0, 0.05) is 30.7 Å². The Kier molecular flexibility index (Phi) is 5.85. The van der Waals surface area contributed by atoms with Crippen molar-refractivity contribution >= 4 is 0 Å². The van der Waals surface area contributed by atoms with E-state index in [0.717, 1.165) is 37.6 Å². The van der Waals surface area contributed by atoms with Crippen molar-refractivity contribution in [1.29, 1.82) is 0 Å². The first-order valence-electron chi connectivity index (χ1n) is 10.2. The molecule has 3 atom stereocenters. The minimum atomic E-state index is 0.401. The predicted octanol–water partition coefficient (Wildman–Crippen LogP) is 3.44. The van der Waals surface area contributed by atoms with Crippen molar-refractivity contribution in [2.24, 2.45) is 5.92 Å². The van der Waals surface area contributed by atoms with Gasteiger partial charge in [0.25, 0.3) is 0 Å². The molecule has 0 bridgehead atoms. The smallest absolute Gasteiger partial charge is 0.165 e. The van der Waals surface area contributed by atoms with Gasteiger partial charge >= 0.3 is 0 Å². The molecule has 0 amide bonds. The normalized spacial score (nSPS) is 25.2. The Bertz CT molecular complexity index is 793. The lowest BCUT2D eigenvalue weighted by Crippen LogP contribution is -2.37. The molecule has 0 radical (unpaired) electrons. The lowest BCUT2D eigenvalue weighted by Gasteiger charge is -2.21. The first kappa shape index (κ1) is 19.2. The monoisotopic (exact) mass is 381 g/mol. The minimum absolute atomic E-state index is 0.401. The average molecular weight is 382 g/mol. The van der Waals surface area contributed by atoms with Crippen molar-refractivity contribution < 1.29 is 9.47 Å². The van der Waals surface area contributed by atoms with Gasteiger partial charge in [-0.3, -0.25) is 15.8 Å². The third-order valence-corrected chi connectivity index (χ3v) is 6.17. The average Bonchev–Trinajstić information content (AvgIpc) is 3.38. The Morgan fingerprint density at radius 2 is 1.86 bits per heavy atom. The van der Waals surface area contributed by atoms with Crippen LogP contribution in [-0.2, 0) is 6.54 Å². The number of methoxy groups -OCH3 is 2. The van der Waals surface area contributed by atoms with E-state index < -0.39 is 0 Å². The molecule has 2 aromatic carbocycles. The number of hydrogen-bond donors (Lipinski definition) is 2. The molecule has 4 rings (SSSR count). The van der Waals surface area contributed by atoms with Crippen LogP contribution in [0.3, 0.4) is 0 Å². The number of aryl methyl sites for hydroxylation is 1. The molecule has 3 unspecified atom stereocenters. The van der Waals surface area contributed by atoms with E-state index in [1.54, 1.807) is 14.2 Å². The number of ether oxygens (including phenoxy) is 2. The van der Waals surface area contributed by atoms with Crippen LogP contribution >= 0.6 is 0 Å². The summed E-state index contributed by atoms with van der Waals surface area (Å²) in [5.41, 5.74) is 11.0. The molecule has 0 aromatic heterocycles. The summed E-state index contributed by atoms with van der Waals surface area (Å²) in [4.78, 5) is 2.53. The number of para-hydroxylation sites is 1. The highest BCUT2D eigenvalue weighted by atomic mass is 16.5. The predicted molar refractivity (Wildman–Crippen MR) is 112 cm³/mol. The summed E-state index contributed by atoms with van der Waals surface area (Å²) in [6, 6.07) is 15.9. The molecule has 2 heterocycles. The van der Waals surface area contributed by atoms with Gasteiger partial charge < -0.3 is 9.47 Å². The molecular weight excluding hydrogens is 350 g/mol. The zero-order valence-corrected chi connectivity index (χ0v) is 17.1. The Balaban J connectivity index is 1.35. The largest absolute Gasteiger partial charge is 0.493 e. The second-order valence-electron chi connectivity index (χ2n) is 8.03. The highest BCUT2D eigenvalue weighted by Gasteiger charge is 2.35. The van der Waals surface area contributed by atoms with E-state index in [2.05, 4.69) is 53.0 Å². The zero-order chi connectivity index (χ0) is 19.5. The van der Waals surface area contributed by atoms with Gasteiger partial charge in [0.1, 0.15) is 0 Å². The van der Waals surface area contributed by atoms with Crippen molar-refractivity contribution in [3.63, 3.8) is 0 Å². The van der Waals surface area contributed by atoms with Crippen molar-refractivity contribution in [3.05, 3.63) is 59.2 Å². The molecule has 0 saturated carbocycles. The van der Waals surface area contributed by atoms with Gasteiger partial charge in [0.05, 0.1) is 14.2 Å². The second-order valence-corrected chi connectivity index (χ2v) is 8.03. The lowest BCUT2D eigenvalue weighted by atomic mass is 9.92. The summed E-state index contributed by atoms with van der Waals surface area (Å²) < 4.78 is 11.0. The topological polar surface area (TPSA) is 45.8 Å². The van der Waals surface area contributed by atoms with E-state index >= 15 is 0 Å². The van der Waals surface area contributed by atoms with Crippen LogP contribution in [0.2, 0.25) is 0 Å². The highest BCUT2D eigenvalue weighted by molar-refractivity contribution is 5.46. The summed E-state index contributed by atoms with van der Waals surface area (Å²) >= 11 is 0. The van der Waals surface area contributed by atoms with Crippen LogP contribution in [0.25, 0.3) is 0 Å². The number of nitrogens with zero attached hydrogens (tertiary/aromatic N) is 1. The molecule has 2 N–H and O–H groups in total. The Morgan fingerprint density at radius 3 is 2.61 bits per heavy atom. The maximum absolute atomic E-state index is 5.60. The summed E-state index contributed by atoms with van der Waals surface area (Å²) in [7, 11) is 3.41. The quantitative estimate of drug-likeness (QED) is 0.803. The summed E-state index contributed by atoms with van der Waals surface area (Å²) in [6.07, 6.45) is 2.37. The maximum atomic E-state index is 5.60. The van der Waals surface area contributed by atoms with E-state index in [1.807, 2.05) is 12.1 Å². The first-order chi connectivity index (χ1) is 13.7. The molecular formula is C23H31N3O2. The summed E-state index contributed by atoms with van der Waals surface area (Å²) in [5.74, 6) is 2.33. The number of benzene rings is 2. The molecule has 2 saturated heterocycles.